The van der Waals surface area contributed by atoms with Crippen LogP contribution in [0.3, 0.4) is 0 Å². The molecule has 0 fully saturated rings. The summed E-state index contributed by atoms with van der Waals surface area (Å²) in [6.45, 7) is 1.69. The molecule has 0 aliphatic carbocycles. The first kappa shape index (κ1) is 13.5. The summed E-state index contributed by atoms with van der Waals surface area (Å²) in [7, 11) is 1.29. The van der Waals surface area contributed by atoms with E-state index in [1.807, 2.05) is 0 Å². The Kier molecular flexibility index (Phi) is 3.65. The van der Waals surface area contributed by atoms with E-state index >= 15 is 0 Å². The Morgan fingerprint density at radius 3 is 2.70 bits per heavy atom. The summed E-state index contributed by atoms with van der Waals surface area (Å²) < 4.78 is 9.01. The van der Waals surface area contributed by atoms with E-state index in [1.165, 1.54) is 7.11 Å². The molecule has 0 aliphatic rings. The number of nitrogens with two attached hydrogens (primary N) is 1. The zero-order valence-corrected chi connectivity index (χ0v) is 10.8. The first-order chi connectivity index (χ1) is 9.54. The Hall–Kier alpha value is -2.90. The lowest BCUT2D eigenvalue weighted by Gasteiger charge is -2.10. The van der Waals surface area contributed by atoms with Crippen LogP contribution in [0.25, 0.3) is 0 Å². The fourth-order valence-electron chi connectivity index (χ4n) is 1.64. The molecular formula is C12H12N4O4. The summed E-state index contributed by atoms with van der Waals surface area (Å²) in [6.07, 6.45) is 0. The van der Waals surface area contributed by atoms with Gasteiger partial charge in [-0.3, -0.25) is 4.79 Å². The maximum atomic E-state index is 11.9. The van der Waals surface area contributed by atoms with Crippen molar-refractivity contribution in [3.8, 4) is 0 Å². The largest absolute Gasteiger partial charge is 0.465 e. The summed E-state index contributed by atoms with van der Waals surface area (Å²) in [4.78, 5) is 23.5. The monoisotopic (exact) mass is 276 g/mol. The minimum atomic E-state index is -0.575. The lowest BCUT2D eigenvalue weighted by Crippen LogP contribution is -2.16. The highest BCUT2D eigenvalue weighted by Gasteiger charge is 2.18. The van der Waals surface area contributed by atoms with E-state index in [4.69, 9.17) is 5.73 Å². The molecule has 0 spiro atoms. The van der Waals surface area contributed by atoms with Gasteiger partial charge in [-0.15, -0.1) is 0 Å². The standard InChI is InChI=1S/C12H12N4O4/c1-6-7(12(18)19-2)4-3-5-8(6)14-11(17)9-10(13)16-20-15-9/h3-5H,1-2H3,(H2,13,16)(H,14,17). The second-order valence-corrected chi connectivity index (χ2v) is 3.92. The zero-order valence-electron chi connectivity index (χ0n) is 10.8. The zero-order chi connectivity index (χ0) is 14.7. The van der Waals surface area contributed by atoms with Crippen LogP contribution in [-0.4, -0.2) is 29.3 Å². The first-order valence-corrected chi connectivity index (χ1v) is 5.62. The number of nitrogen functional groups attached to an aromatic ring is 1. The molecule has 0 radical (unpaired) electrons. The van der Waals surface area contributed by atoms with E-state index in [0.29, 0.717) is 16.8 Å². The van der Waals surface area contributed by atoms with Gasteiger partial charge in [0, 0.05) is 5.69 Å². The number of ether oxygens (including phenoxy) is 1. The molecule has 0 unspecified atom stereocenters. The van der Waals surface area contributed by atoms with Gasteiger partial charge in [0.25, 0.3) is 5.91 Å². The van der Waals surface area contributed by atoms with Crippen LogP contribution in [-0.2, 0) is 4.74 Å². The molecule has 1 heterocycles. The smallest absolute Gasteiger partial charge is 0.338 e. The Bertz CT molecular complexity index is 665. The normalized spacial score (nSPS) is 10.1. The SMILES string of the molecule is COC(=O)c1cccc(NC(=O)c2nonc2N)c1C. The Morgan fingerprint density at radius 1 is 1.35 bits per heavy atom. The van der Waals surface area contributed by atoms with Crippen molar-refractivity contribution in [3.63, 3.8) is 0 Å². The van der Waals surface area contributed by atoms with Gasteiger partial charge in [0.1, 0.15) is 0 Å². The van der Waals surface area contributed by atoms with Crippen LogP contribution in [0.15, 0.2) is 22.8 Å². The molecule has 0 saturated carbocycles. The molecule has 104 valence electrons. The average Bonchev–Trinajstić information content (AvgIpc) is 2.86. The number of hydrogen-bond acceptors (Lipinski definition) is 7. The number of esters is 1. The highest BCUT2D eigenvalue weighted by atomic mass is 16.6. The molecule has 20 heavy (non-hydrogen) atoms. The topological polar surface area (TPSA) is 120 Å². The number of carbonyl (C=O) groups is 2. The van der Waals surface area contributed by atoms with Crippen LogP contribution in [0.5, 0.6) is 0 Å². The lowest BCUT2D eigenvalue weighted by molar-refractivity contribution is 0.0599. The van der Waals surface area contributed by atoms with Crippen molar-refractivity contribution in [1.29, 1.82) is 0 Å². The van der Waals surface area contributed by atoms with Crippen LogP contribution < -0.4 is 11.1 Å². The summed E-state index contributed by atoms with van der Waals surface area (Å²) >= 11 is 0. The molecule has 8 nitrogen and oxygen atoms in total. The fraction of sp³-hybridized carbons (Fsp3) is 0.167. The highest BCUT2D eigenvalue weighted by Crippen LogP contribution is 2.20. The molecule has 0 bridgehead atoms. The van der Waals surface area contributed by atoms with Gasteiger partial charge in [0.05, 0.1) is 12.7 Å². The van der Waals surface area contributed by atoms with Crippen molar-refractivity contribution in [2.75, 3.05) is 18.2 Å². The molecule has 8 heteroatoms. The number of hydrogen-bond donors (Lipinski definition) is 2. The van der Waals surface area contributed by atoms with Crippen molar-refractivity contribution < 1.29 is 19.0 Å². The Morgan fingerprint density at radius 2 is 2.10 bits per heavy atom. The Labute approximate surface area is 113 Å². The summed E-state index contributed by atoms with van der Waals surface area (Å²) in [5.41, 5.74) is 6.69. The number of carbonyl (C=O) groups excluding carboxylic acids is 2. The summed E-state index contributed by atoms with van der Waals surface area (Å²) in [5.74, 6) is -1.17. The number of rotatable bonds is 3. The molecular weight excluding hydrogens is 264 g/mol. The van der Waals surface area contributed by atoms with Crippen LogP contribution in [0.4, 0.5) is 11.5 Å². The van der Waals surface area contributed by atoms with E-state index in [1.54, 1.807) is 25.1 Å². The minimum absolute atomic E-state index is 0.107. The summed E-state index contributed by atoms with van der Waals surface area (Å²) in [6, 6.07) is 4.87. The predicted octanol–water partition coefficient (Wildman–Crippen LogP) is 0.999. The first-order valence-electron chi connectivity index (χ1n) is 5.62. The van der Waals surface area contributed by atoms with Gasteiger partial charge in [0.15, 0.2) is 0 Å². The minimum Gasteiger partial charge on any atom is -0.465 e. The number of nitrogens with one attached hydrogen (secondary N) is 1. The fourth-order valence-corrected chi connectivity index (χ4v) is 1.64. The van der Waals surface area contributed by atoms with E-state index in [9.17, 15) is 9.59 Å². The van der Waals surface area contributed by atoms with E-state index < -0.39 is 11.9 Å². The molecule has 0 aliphatic heterocycles. The third kappa shape index (κ3) is 2.44. The summed E-state index contributed by atoms with van der Waals surface area (Å²) in [5, 5.41) is 9.30. The van der Waals surface area contributed by atoms with Crippen LogP contribution in [0, 0.1) is 6.92 Å². The van der Waals surface area contributed by atoms with Gasteiger partial charge in [-0.25, -0.2) is 9.42 Å². The van der Waals surface area contributed by atoms with Crippen LogP contribution in [0.1, 0.15) is 26.4 Å². The molecule has 2 rings (SSSR count). The number of aromatic nitrogens is 2. The van der Waals surface area contributed by atoms with E-state index in [2.05, 4.69) is 25.0 Å². The van der Waals surface area contributed by atoms with Crippen molar-refractivity contribution in [1.82, 2.24) is 10.3 Å². The van der Waals surface area contributed by atoms with Crippen LogP contribution >= 0.6 is 0 Å². The van der Waals surface area contributed by atoms with Crippen LogP contribution in [0.2, 0.25) is 0 Å². The molecule has 2 aromatic rings. The third-order valence-electron chi connectivity index (χ3n) is 2.72. The molecule has 1 aromatic heterocycles. The van der Waals surface area contributed by atoms with Crippen molar-refractivity contribution in [3.05, 3.63) is 35.0 Å². The number of anilines is 2. The number of benzene rings is 1. The predicted molar refractivity (Wildman–Crippen MR) is 69.2 cm³/mol. The van der Waals surface area contributed by atoms with Gasteiger partial charge < -0.3 is 15.8 Å². The van der Waals surface area contributed by atoms with E-state index in [0.717, 1.165) is 0 Å². The molecule has 0 atom stereocenters. The third-order valence-corrected chi connectivity index (χ3v) is 2.72. The van der Waals surface area contributed by atoms with Gasteiger partial charge in [-0.05, 0) is 34.9 Å². The molecule has 0 saturated heterocycles. The van der Waals surface area contributed by atoms with Gasteiger partial charge >= 0.3 is 5.97 Å². The maximum Gasteiger partial charge on any atom is 0.338 e. The van der Waals surface area contributed by atoms with Gasteiger partial charge in [-0.1, -0.05) is 6.07 Å². The number of nitrogens with zero attached hydrogens (tertiary/aromatic N) is 2. The second kappa shape index (κ2) is 5.39. The van der Waals surface area contributed by atoms with Gasteiger partial charge in [-0.2, -0.15) is 0 Å². The lowest BCUT2D eigenvalue weighted by atomic mass is 10.1. The Balaban J connectivity index is 2.29. The second-order valence-electron chi connectivity index (χ2n) is 3.92. The van der Waals surface area contributed by atoms with Crippen molar-refractivity contribution in [2.45, 2.75) is 6.92 Å². The van der Waals surface area contributed by atoms with E-state index in [-0.39, 0.29) is 11.5 Å². The highest BCUT2D eigenvalue weighted by molar-refractivity contribution is 6.06. The quantitative estimate of drug-likeness (QED) is 0.802. The number of methoxy groups -OCH3 is 1. The van der Waals surface area contributed by atoms with Crippen molar-refractivity contribution >= 4 is 23.4 Å². The average molecular weight is 276 g/mol. The molecule has 1 amide bonds. The number of amides is 1. The molecule has 3 N–H and O–H groups in total. The maximum absolute atomic E-state index is 11.9. The molecule has 1 aromatic carbocycles. The van der Waals surface area contributed by atoms with Gasteiger partial charge in [0.2, 0.25) is 11.5 Å². The van der Waals surface area contributed by atoms with Crippen molar-refractivity contribution in [2.24, 2.45) is 0 Å².